The van der Waals surface area contributed by atoms with E-state index in [2.05, 4.69) is 20.9 Å². The predicted octanol–water partition coefficient (Wildman–Crippen LogP) is 2.21. The van der Waals surface area contributed by atoms with Crippen LogP contribution in [0.1, 0.15) is 37.0 Å². The van der Waals surface area contributed by atoms with Crippen molar-refractivity contribution in [2.24, 2.45) is 17.4 Å². The smallest absolute Gasteiger partial charge is 0.243 e. The van der Waals surface area contributed by atoms with Gasteiger partial charge in [-0.1, -0.05) is 74.5 Å². The van der Waals surface area contributed by atoms with Crippen LogP contribution in [0.15, 0.2) is 85.1 Å². The summed E-state index contributed by atoms with van der Waals surface area (Å²) in [6.07, 6.45) is 2.57. The van der Waals surface area contributed by atoms with Crippen LogP contribution < -0.4 is 27.4 Å². The standard InChI is InChI=1S/C35H42N6O5/c1-21(2)16-30(40-33(44)27(36)17-23-12-14-25(42)15-13-23)34(45)41-31(19-24-20-38-28-11-7-6-10-26(24)28)35(46)39-29(32(37)43)18-22-8-4-3-5-9-22/h3-15,20-21,27,29-31,38,42H,16-19,36H2,1-2H3,(H2,37,43)(H,39,46)(H,40,44)(H,41,45)/t27-,29-,30-,31-/m0/s1. The molecule has 242 valence electrons. The summed E-state index contributed by atoms with van der Waals surface area (Å²) in [6.45, 7) is 3.83. The Balaban J connectivity index is 1.54. The zero-order valence-corrected chi connectivity index (χ0v) is 26.0. The maximum atomic E-state index is 13.8. The van der Waals surface area contributed by atoms with Gasteiger partial charge >= 0.3 is 0 Å². The number of hydrogen-bond acceptors (Lipinski definition) is 6. The molecule has 0 saturated carbocycles. The Morgan fingerprint density at radius 3 is 1.98 bits per heavy atom. The van der Waals surface area contributed by atoms with Gasteiger partial charge in [-0.05, 0) is 53.6 Å². The number of phenols is 1. The number of phenolic OH excluding ortho intramolecular Hbond substituents is 1. The highest BCUT2D eigenvalue weighted by atomic mass is 16.3. The van der Waals surface area contributed by atoms with Crippen LogP contribution in [0, 0.1) is 5.92 Å². The lowest BCUT2D eigenvalue weighted by Crippen LogP contribution is -2.58. The zero-order valence-electron chi connectivity index (χ0n) is 26.0. The molecule has 0 aliphatic carbocycles. The fourth-order valence-corrected chi connectivity index (χ4v) is 5.31. The minimum atomic E-state index is -1.10. The third-order valence-electron chi connectivity index (χ3n) is 7.74. The molecule has 4 rings (SSSR count). The van der Waals surface area contributed by atoms with Gasteiger partial charge in [-0.25, -0.2) is 0 Å². The fourth-order valence-electron chi connectivity index (χ4n) is 5.31. The van der Waals surface area contributed by atoms with Crippen LogP contribution in [0.4, 0.5) is 0 Å². The molecule has 1 aromatic heterocycles. The van der Waals surface area contributed by atoms with Gasteiger partial charge in [0, 0.05) is 29.9 Å². The second-order valence-corrected chi connectivity index (χ2v) is 11.9. The highest BCUT2D eigenvalue weighted by molar-refractivity contribution is 5.95. The van der Waals surface area contributed by atoms with Crippen LogP contribution in [0.25, 0.3) is 10.9 Å². The second kappa shape index (κ2) is 15.7. The highest BCUT2D eigenvalue weighted by Crippen LogP contribution is 2.20. The number of amides is 4. The Morgan fingerprint density at radius 1 is 0.717 bits per heavy atom. The summed E-state index contributed by atoms with van der Waals surface area (Å²) in [6, 6.07) is 19.1. The monoisotopic (exact) mass is 626 g/mol. The largest absolute Gasteiger partial charge is 0.508 e. The van der Waals surface area contributed by atoms with E-state index in [1.807, 2.05) is 68.4 Å². The summed E-state index contributed by atoms with van der Waals surface area (Å²) in [5.74, 6) is -2.25. The first-order valence-electron chi connectivity index (χ1n) is 15.3. The normalized spacial score (nSPS) is 13.8. The van der Waals surface area contributed by atoms with Crippen LogP contribution in [0.2, 0.25) is 0 Å². The van der Waals surface area contributed by atoms with Gasteiger partial charge in [-0.2, -0.15) is 0 Å². The van der Waals surface area contributed by atoms with Crippen LogP contribution >= 0.6 is 0 Å². The number of para-hydroxylation sites is 1. The number of benzene rings is 3. The molecule has 0 bridgehead atoms. The molecule has 4 atom stereocenters. The molecule has 11 heteroatoms. The molecule has 0 aliphatic heterocycles. The van der Waals surface area contributed by atoms with Gasteiger partial charge in [-0.15, -0.1) is 0 Å². The molecule has 0 spiro atoms. The van der Waals surface area contributed by atoms with Gasteiger partial charge in [0.2, 0.25) is 23.6 Å². The average Bonchev–Trinajstić information content (AvgIpc) is 3.44. The molecule has 11 nitrogen and oxygen atoms in total. The van der Waals surface area contributed by atoms with Crippen molar-refractivity contribution < 1.29 is 24.3 Å². The second-order valence-electron chi connectivity index (χ2n) is 11.9. The summed E-state index contributed by atoms with van der Waals surface area (Å²) < 4.78 is 0. The van der Waals surface area contributed by atoms with Crippen molar-refractivity contribution in [3.63, 3.8) is 0 Å². The van der Waals surface area contributed by atoms with E-state index in [-0.39, 0.29) is 30.9 Å². The van der Waals surface area contributed by atoms with Crippen molar-refractivity contribution in [2.75, 3.05) is 0 Å². The van der Waals surface area contributed by atoms with E-state index >= 15 is 0 Å². The quantitative estimate of drug-likeness (QED) is 0.106. The number of H-pyrrole nitrogens is 1. The lowest BCUT2D eigenvalue weighted by molar-refractivity contribution is -0.133. The summed E-state index contributed by atoms with van der Waals surface area (Å²) in [4.78, 5) is 56.2. The van der Waals surface area contributed by atoms with Crippen molar-refractivity contribution in [1.29, 1.82) is 0 Å². The minimum Gasteiger partial charge on any atom is -0.508 e. The number of carbonyl (C=O) groups excluding carboxylic acids is 4. The number of aromatic hydroxyl groups is 1. The van der Waals surface area contributed by atoms with Crippen molar-refractivity contribution in [2.45, 2.75) is 63.7 Å². The minimum absolute atomic E-state index is 0.0235. The van der Waals surface area contributed by atoms with Crippen LogP contribution in [0.5, 0.6) is 5.75 Å². The van der Waals surface area contributed by atoms with E-state index in [9.17, 15) is 24.3 Å². The van der Waals surface area contributed by atoms with Crippen molar-refractivity contribution >= 4 is 34.5 Å². The Hall–Kier alpha value is -5.16. The number of nitrogens with one attached hydrogen (secondary N) is 4. The molecular weight excluding hydrogens is 584 g/mol. The zero-order chi connectivity index (χ0) is 33.2. The van der Waals surface area contributed by atoms with Crippen molar-refractivity contribution in [1.82, 2.24) is 20.9 Å². The number of rotatable bonds is 15. The fraction of sp³-hybridized carbons (Fsp3) is 0.314. The Bertz CT molecular complexity index is 1640. The molecule has 0 saturated heterocycles. The topological polar surface area (TPSA) is 192 Å². The van der Waals surface area contributed by atoms with E-state index in [4.69, 9.17) is 11.5 Å². The molecule has 0 radical (unpaired) electrons. The molecule has 4 amide bonds. The van der Waals surface area contributed by atoms with E-state index < -0.39 is 47.8 Å². The average molecular weight is 627 g/mol. The molecule has 1 heterocycles. The molecule has 0 aliphatic rings. The first-order chi connectivity index (χ1) is 22.0. The number of fused-ring (bicyclic) bond motifs is 1. The van der Waals surface area contributed by atoms with Gasteiger partial charge in [0.05, 0.1) is 6.04 Å². The van der Waals surface area contributed by atoms with Crippen LogP contribution in [-0.4, -0.2) is 57.9 Å². The summed E-state index contributed by atoms with van der Waals surface area (Å²) in [5, 5.41) is 18.8. The summed E-state index contributed by atoms with van der Waals surface area (Å²) >= 11 is 0. The number of carbonyl (C=O) groups is 4. The van der Waals surface area contributed by atoms with Crippen molar-refractivity contribution in [3.8, 4) is 5.75 Å². The molecule has 0 fully saturated rings. The Labute approximate surface area is 268 Å². The van der Waals surface area contributed by atoms with E-state index in [1.54, 1.807) is 18.3 Å². The molecular formula is C35H42N6O5. The maximum Gasteiger partial charge on any atom is 0.243 e. The number of nitrogens with two attached hydrogens (primary N) is 2. The highest BCUT2D eigenvalue weighted by Gasteiger charge is 2.31. The number of hydrogen-bond donors (Lipinski definition) is 7. The van der Waals surface area contributed by atoms with Gasteiger partial charge < -0.3 is 37.5 Å². The third-order valence-corrected chi connectivity index (χ3v) is 7.74. The van der Waals surface area contributed by atoms with Crippen LogP contribution in [-0.2, 0) is 38.4 Å². The van der Waals surface area contributed by atoms with E-state index in [1.165, 1.54) is 12.1 Å². The molecule has 46 heavy (non-hydrogen) atoms. The summed E-state index contributed by atoms with van der Waals surface area (Å²) in [5.41, 5.74) is 15.1. The number of aromatic nitrogens is 1. The lowest BCUT2D eigenvalue weighted by atomic mass is 9.99. The molecule has 4 aromatic rings. The number of aromatic amines is 1. The molecule has 0 unspecified atom stereocenters. The summed E-state index contributed by atoms with van der Waals surface area (Å²) in [7, 11) is 0. The van der Waals surface area contributed by atoms with Gasteiger partial charge in [0.15, 0.2) is 0 Å². The lowest BCUT2D eigenvalue weighted by Gasteiger charge is -2.26. The number of primary amides is 1. The van der Waals surface area contributed by atoms with Gasteiger partial charge in [0.1, 0.15) is 23.9 Å². The third kappa shape index (κ3) is 9.42. The first kappa shape index (κ1) is 33.7. The van der Waals surface area contributed by atoms with E-state index in [0.29, 0.717) is 6.42 Å². The molecule has 3 aromatic carbocycles. The van der Waals surface area contributed by atoms with Gasteiger partial charge in [0.25, 0.3) is 0 Å². The van der Waals surface area contributed by atoms with Crippen LogP contribution in [0.3, 0.4) is 0 Å². The Morgan fingerprint density at radius 2 is 1.30 bits per heavy atom. The van der Waals surface area contributed by atoms with Crippen molar-refractivity contribution in [3.05, 3.63) is 102 Å². The maximum absolute atomic E-state index is 13.8. The SMILES string of the molecule is CC(C)C[C@H](NC(=O)[C@@H](N)Cc1ccc(O)cc1)C(=O)N[C@@H](Cc1c[nH]c2ccccc12)C(=O)N[C@@H](Cc1ccccc1)C(N)=O. The Kier molecular flexibility index (Phi) is 11.5. The van der Waals surface area contributed by atoms with E-state index in [0.717, 1.165) is 27.6 Å². The first-order valence-corrected chi connectivity index (χ1v) is 15.3. The van der Waals surface area contributed by atoms with Gasteiger partial charge in [-0.3, -0.25) is 19.2 Å². The molecule has 9 N–H and O–H groups in total. The predicted molar refractivity (Wildman–Crippen MR) is 176 cm³/mol.